The van der Waals surface area contributed by atoms with E-state index in [1.54, 1.807) is 30.5 Å². The Labute approximate surface area is 145 Å². The molecule has 0 bridgehead atoms. The number of nitrogens with one attached hydrogen (secondary N) is 2. The van der Waals surface area contributed by atoms with Crippen molar-refractivity contribution in [1.82, 2.24) is 4.98 Å². The Morgan fingerprint density at radius 1 is 1.25 bits per heavy atom. The molecule has 24 heavy (non-hydrogen) atoms. The van der Waals surface area contributed by atoms with Crippen LogP contribution in [0.3, 0.4) is 0 Å². The zero-order valence-corrected chi connectivity index (χ0v) is 13.9. The van der Waals surface area contributed by atoms with Crippen molar-refractivity contribution in [3.63, 3.8) is 0 Å². The highest BCUT2D eigenvalue weighted by Gasteiger charge is 2.22. The van der Waals surface area contributed by atoms with Crippen LogP contribution in [0.4, 0.5) is 15.8 Å². The molecule has 0 atom stereocenters. The first-order valence-corrected chi connectivity index (χ1v) is 8.24. The number of halogens is 2. The van der Waals surface area contributed by atoms with E-state index in [4.69, 9.17) is 11.6 Å². The number of hydrogen-bond acceptors (Lipinski definition) is 3. The van der Waals surface area contributed by atoms with Crippen LogP contribution in [-0.4, -0.2) is 43.6 Å². The second-order valence-corrected chi connectivity index (χ2v) is 6.14. The maximum absolute atomic E-state index is 13.0. The number of pyridine rings is 1. The highest BCUT2D eigenvalue weighted by Crippen LogP contribution is 2.17. The zero-order valence-electron chi connectivity index (χ0n) is 13.1. The van der Waals surface area contributed by atoms with Crippen LogP contribution in [0.1, 0.15) is 0 Å². The number of rotatable bonds is 4. The van der Waals surface area contributed by atoms with Crippen molar-refractivity contribution in [3.05, 3.63) is 53.6 Å². The normalized spacial score (nSPS) is 15.3. The van der Waals surface area contributed by atoms with Gasteiger partial charge in [0.2, 0.25) is 0 Å². The third kappa shape index (κ3) is 4.21. The summed E-state index contributed by atoms with van der Waals surface area (Å²) in [5, 5.41) is 3.09. The Morgan fingerprint density at radius 2 is 1.96 bits per heavy atom. The van der Waals surface area contributed by atoms with Crippen LogP contribution in [-0.2, 0) is 4.79 Å². The van der Waals surface area contributed by atoms with E-state index in [1.165, 1.54) is 17.0 Å². The van der Waals surface area contributed by atoms with Gasteiger partial charge in [-0.05, 0) is 36.4 Å². The van der Waals surface area contributed by atoms with Crippen LogP contribution >= 0.6 is 11.6 Å². The molecule has 2 aromatic rings. The minimum atomic E-state index is -0.228. The number of nitrogens with zero attached hydrogens (tertiary/aromatic N) is 2. The topological polar surface area (TPSA) is 49.7 Å². The number of aromatic nitrogens is 1. The quantitative estimate of drug-likeness (QED) is 0.816. The molecule has 2 N–H and O–H groups in total. The summed E-state index contributed by atoms with van der Waals surface area (Å²) in [4.78, 5) is 19.5. The molecule has 0 aliphatic carbocycles. The molecular formula is C17H19ClFN4O+. The van der Waals surface area contributed by atoms with Crippen molar-refractivity contribution < 1.29 is 14.1 Å². The first kappa shape index (κ1) is 16.7. The standard InChI is InChI=1S/C17H18ClFN4O/c18-17-15(2-1-7-20-17)21-16(24)12-22-8-10-23(11-9-22)14-5-3-13(19)4-6-14/h1-7H,8-12H2,(H,21,24)/p+1. The van der Waals surface area contributed by atoms with Crippen LogP contribution in [0.15, 0.2) is 42.6 Å². The van der Waals surface area contributed by atoms with Gasteiger partial charge in [0, 0.05) is 11.9 Å². The molecule has 0 radical (unpaired) electrons. The van der Waals surface area contributed by atoms with Gasteiger partial charge in [0.05, 0.1) is 31.9 Å². The number of amides is 1. The number of piperazine rings is 1. The largest absolute Gasteiger partial charge is 0.360 e. The van der Waals surface area contributed by atoms with Crippen LogP contribution in [0.2, 0.25) is 5.15 Å². The highest BCUT2D eigenvalue weighted by molar-refractivity contribution is 6.32. The Bertz CT molecular complexity index is 702. The van der Waals surface area contributed by atoms with Gasteiger partial charge in [0.1, 0.15) is 5.82 Å². The van der Waals surface area contributed by atoms with E-state index >= 15 is 0 Å². The van der Waals surface area contributed by atoms with Crippen LogP contribution in [0.5, 0.6) is 0 Å². The molecule has 3 rings (SSSR count). The van der Waals surface area contributed by atoms with Crippen molar-refractivity contribution in [1.29, 1.82) is 0 Å². The predicted molar refractivity (Wildman–Crippen MR) is 92.1 cm³/mol. The summed E-state index contributed by atoms with van der Waals surface area (Å²) < 4.78 is 13.0. The lowest BCUT2D eigenvalue weighted by Crippen LogP contribution is -3.15. The summed E-state index contributed by atoms with van der Waals surface area (Å²) in [6.07, 6.45) is 1.58. The summed E-state index contributed by atoms with van der Waals surface area (Å²) in [7, 11) is 0. The number of carbonyl (C=O) groups is 1. The van der Waals surface area contributed by atoms with Crippen LogP contribution < -0.4 is 15.1 Å². The molecule has 1 aromatic carbocycles. The fraction of sp³-hybridized carbons (Fsp3) is 0.294. The van der Waals surface area contributed by atoms with Crippen molar-refractivity contribution in [2.45, 2.75) is 0 Å². The monoisotopic (exact) mass is 349 g/mol. The van der Waals surface area contributed by atoms with Crippen molar-refractivity contribution in [2.75, 3.05) is 42.9 Å². The molecule has 0 unspecified atom stereocenters. The van der Waals surface area contributed by atoms with E-state index in [-0.39, 0.29) is 11.7 Å². The SMILES string of the molecule is O=C(C[NH+]1CCN(c2ccc(F)cc2)CC1)Nc1cccnc1Cl. The molecule has 2 heterocycles. The smallest absolute Gasteiger partial charge is 0.279 e. The van der Waals surface area contributed by atoms with Gasteiger partial charge < -0.3 is 15.1 Å². The second kappa shape index (κ2) is 7.59. The molecule has 1 aliphatic rings. The maximum Gasteiger partial charge on any atom is 0.279 e. The van der Waals surface area contributed by atoms with Gasteiger partial charge in [-0.15, -0.1) is 0 Å². The van der Waals surface area contributed by atoms with E-state index in [9.17, 15) is 9.18 Å². The summed E-state index contributed by atoms with van der Waals surface area (Å²) in [6, 6.07) is 9.99. The van der Waals surface area contributed by atoms with Gasteiger partial charge >= 0.3 is 0 Å². The van der Waals surface area contributed by atoms with E-state index in [2.05, 4.69) is 15.2 Å². The van der Waals surface area contributed by atoms with Crippen molar-refractivity contribution >= 4 is 28.9 Å². The van der Waals surface area contributed by atoms with Crippen LogP contribution in [0, 0.1) is 5.82 Å². The summed E-state index contributed by atoms with van der Waals surface area (Å²) >= 11 is 5.94. The van der Waals surface area contributed by atoms with E-state index in [0.717, 1.165) is 31.9 Å². The Balaban J connectivity index is 1.49. The predicted octanol–water partition coefficient (Wildman–Crippen LogP) is 1.22. The van der Waals surface area contributed by atoms with E-state index < -0.39 is 0 Å². The summed E-state index contributed by atoms with van der Waals surface area (Å²) in [5.41, 5.74) is 1.55. The van der Waals surface area contributed by atoms with Gasteiger partial charge in [0.15, 0.2) is 11.7 Å². The van der Waals surface area contributed by atoms with Gasteiger partial charge in [-0.1, -0.05) is 11.6 Å². The number of quaternary nitrogens is 1. The van der Waals surface area contributed by atoms with E-state index in [1.807, 2.05) is 0 Å². The molecule has 1 saturated heterocycles. The first-order valence-electron chi connectivity index (χ1n) is 7.86. The molecule has 1 aromatic heterocycles. The summed E-state index contributed by atoms with van der Waals surface area (Å²) in [6.45, 7) is 3.77. The number of carbonyl (C=O) groups excluding carboxylic acids is 1. The van der Waals surface area contributed by atoms with Gasteiger partial charge in [0.25, 0.3) is 5.91 Å². The molecule has 1 aliphatic heterocycles. The molecule has 0 saturated carbocycles. The molecule has 126 valence electrons. The minimum Gasteiger partial charge on any atom is -0.360 e. The third-order valence-electron chi connectivity index (χ3n) is 4.11. The molecule has 7 heteroatoms. The summed E-state index contributed by atoms with van der Waals surface area (Å²) in [5.74, 6) is -0.302. The number of anilines is 2. The second-order valence-electron chi connectivity index (χ2n) is 5.78. The third-order valence-corrected chi connectivity index (χ3v) is 4.41. The lowest BCUT2D eigenvalue weighted by Gasteiger charge is -2.33. The lowest BCUT2D eigenvalue weighted by molar-refractivity contribution is -0.892. The zero-order chi connectivity index (χ0) is 16.9. The van der Waals surface area contributed by atoms with Gasteiger partial charge in [-0.2, -0.15) is 0 Å². The fourth-order valence-corrected chi connectivity index (χ4v) is 2.98. The average Bonchev–Trinajstić information content (AvgIpc) is 2.58. The molecule has 1 amide bonds. The van der Waals surface area contributed by atoms with Crippen molar-refractivity contribution in [3.8, 4) is 0 Å². The highest BCUT2D eigenvalue weighted by atomic mass is 35.5. The van der Waals surface area contributed by atoms with Gasteiger partial charge in [-0.25, -0.2) is 9.37 Å². The fourth-order valence-electron chi connectivity index (χ4n) is 2.81. The Kier molecular flexibility index (Phi) is 5.27. The number of benzene rings is 1. The van der Waals surface area contributed by atoms with Crippen LogP contribution in [0.25, 0.3) is 0 Å². The molecular weight excluding hydrogens is 331 g/mol. The first-order chi connectivity index (χ1) is 11.6. The minimum absolute atomic E-state index is 0.0740. The lowest BCUT2D eigenvalue weighted by atomic mass is 10.2. The molecule has 1 fully saturated rings. The molecule has 5 nitrogen and oxygen atoms in total. The van der Waals surface area contributed by atoms with E-state index in [0.29, 0.717) is 17.4 Å². The van der Waals surface area contributed by atoms with Gasteiger partial charge in [-0.3, -0.25) is 4.79 Å². The Morgan fingerprint density at radius 3 is 2.62 bits per heavy atom. The molecule has 0 spiro atoms. The number of hydrogen-bond donors (Lipinski definition) is 2. The Hall–Kier alpha value is -2.18. The maximum atomic E-state index is 13.0. The average molecular weight is 350 g/mol. The van der Waals surface area contributed by atoms with Crippen molar-refractivity contribution in [2.24, 2.45) is 0 Å².